The Morgan fingerprint density at radius 1 is 1.53 bits per heavy atom. The minimum atomic E-state index is -1.04. The van der Waals surface area contributed by atoms with Crippen molar-refractivity contribution < 1.29 is 24.2 Å². The highest BCUT2D eigenvalue weighted by Crippen LogP contribution is 2.19. The highest BCUT2D eigenvalue weighted by atomic mass is 16.6. The van der Waals surface area contributed by atoms with Gasteiger partial charge in [0.15, 0.2) is 0 Å². The first-order valence-corrected chi connectivity index (χ1v) is 6.26. The molecule has 3 N–H and O–H groups in total. The van der Waals surface area contributed by atoms with Crippen LogP contribution in [0.4, 0.5) is 4.79 Å². The van der Waals surface area contributed by atoms with Gasteiger partial charge in [0.05, 0.1) is 25.2 Å². The first-order valence-electron chi connectivity index (χ1n) is 6.26. The SMILES string of the molecule is CC(C)(C)OC(=O)N1CCOCC1C(CN)C(=O)O. The summed E-state index contributed by atoms with van der Waals surface area (Å²) >= 11 is 0. The second kappa shape index (κ2) is 6.21. The van der Waals surface area contributed by atoms with Crippen LogP contribution in [0.1, 0.15) is 20.8 Å². The fraction of sp³-hybridized carbons (Fsp3) is 0.833. The smallest absolute Gasteiger partial charge is 0.410 e. The molecule has 1 heterocycles. The number of ether oxygens (including phenoxy) is 2. The molecule has 1 rings (SSSR count). The van der Waals surface area contributed by atoms with Crippen molar-refractivity contribution in [1.82, 2.24) is 4.90 Å². The molecule has 0 aromatic carbocycles. The number of rotatable bonds is 3. The molecule has 1 fully saturated rings. The lowest BCUT2D eigenvalue weighted by molar-refractivity contribution is -0.146. The minimum Gasteiger partial charge on any atom is -0.481 e. The number of morpholine rings is 1. The lowest BCUT2D eigenvalue weighted by atomic mass is 9.98. The van der Waals surface area contributed by atoms with Gasteiger partial charge in [0.2, 0.25) is 0 Å². The first kappa shape index (κ1) is 15.7. The molecule has 0 bridgehead atoms. The molecule has 1 aliphatic rings. The number of hydrogen-bond acceptors (Lipinski definition) is 5. The topological polar surface area (TPSA) is 102 Å². The summed E-state index contributed by atoms with van der Waals surface area (Å²) in [5.74, 6) is -1.89. The van der Waals surface area contributed by atoms with E-state index in [0.29, 0.717) is 13.2 Å². The highest BCUT2D eigenvalue weighted by molar-refractivity contribution is 5.74. The molecule has 0 aromatic heterocycles. The fourth-order valence-electron chi connectivity index (χ4n) is 1.93. The number of amides is 1. The molecule has 0 saturated carbocycles. The normalized spacial score (nSPS) is 21.9. The summed E-state index contributed by atoms with van der Waals surface area (Å²) in [5, 5.41) is 9.14. The Labute approximate surface area is 112 Å². The molecule has 1 aliphatic heterocycles. The third kappa shape index (κ3) is 4.36. The van der Waals surface area contributed by atoms with E-state index in [9.17, 15) is 9.59 Å². The number of carbonyl (C=O) groups is 2. The van der Waals surface area contributed by atoms with Crippen molar-refractivity contribution in [3.05, 3.63) is 0 Å². The Balaban J connectivity index is 2.82. The summed E-state index contributed by atoms with van der Waals surface area (Å²) in [6.07, 6.45) is -0.527. The number of carbonyl (C=O) groups excluding carboxylic acids is 1. The van der Waals surface area contributed by atoms with Crippen LogP contribution < -0.4 is 5.73 Å². The molecule has 2 atom stereocenters. The Morgan fingerprint density at radius 3 is 2.63 bits per heavy atom. The molecular formula is C12H22N2O5. The van der Waals surface area contributed by atoms with Gasteiger partial charge in [-0.15, -0.1) is 0 Å². The summed E-state index contributed by atoms with van der Waals surface area (Å²) in [6.45, 7) is 6.07. The van der Waals surface area contributed by atoms with Gasteiger partial charge < -0.3 is 20.3 Å². The molecule has 0 aromatic rings. The van der Waals surface area contributed by atoms with Crippen LogP contribution in [0.25, 0.3) is 0 Å². The lowest BCUT2D eigenvalue weighted by Gasteiger charge is -2.38. The summed E-state index contributed by atoms with van der Waals surface area (Å²) in [5.41, 5.74) is 4.86. The maximum atomic E-state index is 12.1. The van der Waals surface area contributed by atoms with Crippen molar-refractivity contribution in [3.8, 4) is 0 Å². The van der Waals surface area contributed by atoms with E-state index in [1.807, 2.05) is 0 Å². The van der Waals surface area contributed by atoms with E-state index < -0.39 is 29.6 Å². The Hall–Kier alpha value is -1.34. The first-order chi connectivity index (χ1) is 8.76. The Kier molecular flexibility index (Phi) is 5.13. The number of carboxylic acids is 1. The van der Waals surface area contributed by atoms with Crippen molar-refractivity contribution in [2.45, 2.75) is 32.4 Å². The third-order valence-electron chi connectivity index (χ3n) is 2.83. The standard InChI is InChI=1S/C12H22N2O5/c1-12(2,3)19-11(17)14-4-5-18-7-9(14)8(6-13)10(15)16/h8-9H,4-7,13H2,1-3H3,(H,15,16). The molecule has 19 heavy (non-hydrogen) atoms. The van der Waals surface area contributed by atoms with Crippen LogP contribution in [0.15, 0.2) is 0 Å². The van der Waals surface area contributed by atoms with Gasteiger partial charge in [0.25, 0.3) is 0 Å². The van der Waals surface area contributed by atoms with E-state index in [1.54, 1.807) is 20.8 Å². The predicted molar refractivity (Wildman–Crippen MR) is 67.7 cm³/mol. The van der Waals surface area contributed by atoms with Crippen LogP contribution in [0.3, 0.4) is 0 Å². The maximum Gasteiger partial charge on any atom is 0.410 e. The van der Waals surface area contributed by atoms with Crippen LogP contribution in [0, 0.1) is 5.92 Å². The summed E-state index contributed by atoms with van der Waals surface area (Å²) < 4.78 is 10.5. The van der Waals surface area contributed by atoms with Gasteiger partial charge in [-0.25, -0.2) is 4.79 Å². The van der Waals surface area contributed by atoms with E-state index in [4.69, 9.17) is 20.3 Å². The van der Waals surface area contributed by atoms with Gasteiger partial charge in [-0.2, -0.15) is 0 Å². The van der Waals surface area contributed by atoms with Crippen molar-refractivity contribution in [2.75, 3.05) is 26.3 Å². The summed E-state index contributed by atoms with van der Waals surface area (Å²) in [7, 11) is 0. The van der Waals surface area contributed by atoms with Crippen molar-refractivity contribution in [3.63, 3.8) is 0 Å². The zero-order chi connectivity index (χ0) is 14.6. The van der Waals surface area contributed by atoms with E-state index in [-0.39, 0.29) is 13.2 Å². The van der Waals surface area contributed by atoms with E-state index in [1.165, 1.54) is 4.90 Å². The number of nitrogens with two attached hydrogens (primary N) is 1. The van der Waals surface area contributed by atoms with Gasteiger partial charge in [-0.1, -0.05) is 0 Å². The van der Waals surface area contributed by atoms with E-state index in [2.05, 4.69) is 0 Å². The number of aliphatic carboxylic acids is 1. The van der Waals surface area contributed by atoms with Crippen molar-refractivity contribution in [2.24, 2.45) is 11.7 Å². The van der Waals surface area contributed by atoms with E-state index >= 15 is 0 Å². The number of hydrogen-bond donors (Lipinski definition) is 2. The average molecular weight is 274 g/mol. The molecule has 7 nitrogen and oxygen atoms in total. The maximum absolute atomic E-state index is 12.1. The van der Waals surface area contributed by atoms with Crippen molar-refractivity contribution >= 4 is 12.1 Å². The van der Waals surface area contributed by atoms with Crippen LogP contribution in [-0.4, -0.2) is 60.0 Å². The second-order valence-electron chi connectivity index (χ2n) is 5.50. The van der Waals surface area contributed by atoms with Crippen LogP contribution in [0.5, 0.6) is 0 Å². The zero-order valence-electron chi connectivity index (χ0n) is 11.6. The second-order valence-corrected chi connectivity index (χ2v) is 5.50. The monoisotopic (exact) mass is 274 g/mol. The molecule has 2 unspecified atom stereocenters. The quantitative estimate of drug-likeness (QED) is 0.766. The molecule has 0 aliphatic carbocycles. The molecule has 1 saturated heterocycles. The van der Waals surface area contributed by atoms with Gasteiger partial charge >= 0.3 is 12.1 Å². The van der Waals surface area contributed by atoms with Crippen LogP contribution in [0.2, 0.25) is 0 Å². The van der Waals surface area contributed by atoms with Gasteiger partial charge in [0, 0.05) is 13.1 Å². The Bertz CT molecular complexity index is 340. The van der Waals surface area contributed by atoms with Gasteiger partial charge in [-0.05, 0) is 20.8 Å². The third-order valence-corrected chi connectivity index (χ3v) is 2.83. The van der Waals surface area contributed by atoms with Crippen LogP contribution >= 0.6 is 0 Å². The fourth-order valence-corrected chi connectivity index (χ4v) is 1.93. The average Bonchev–Trinajstić information content (AvgIpc) is 2.27. The molecular weight excluding hydrogens is 252 g/mol. The highest BCUT2D eigenvalue weighted by Gasteiger charge is 2.38. The Morgan fingerprint density at radius 2 is 2.16 bits per heavy atom. The largest absolute Gasteiger partial charge is 0.481 e. The van der Waals surface area contributed by atoms with E-state index in [0.717, 1.165) is 0 Å². The molecule has 7 heteroatoms. The molecule has 0 spiro atoms. The number of nitrogens with zero attached hydrogens (tertiary/aromatic N) is 1. The van der Waals surface area contributed by atoms with Crippen molar-refractivity contribution in [1.29, 1.82) is 0 Å². The minimum absolute atomic E-state index is 0.0529. The lowest BCUT2D eigenvalue weighted by Crippen LogP contribution is -2.56. The molecule has 110 valence electrons. The zero-order valence-corrected chi connectivity index (χ0v) is 11.6. The summed E-state index contributed by atoms with van der Waals surface area (Å²) in [4.78, 5) is 24.7. The van der Waals surface area contributed by atoms with Gasteiger partial charge in [-0.3, -0.25) is 9.69 Å². The number of carboxylic acid groups (broad SMARTS) is 1. The molecule has 1 amide bonds. The van der Waals surface area contributed by atoms with Gasteiger partial charge in [0.1, 0.15) is 5.60 Å². The van der Waals surface area contributed by atoms with Crippen LogP contribution in [-0.2, 0) is 14.3 Å². The summed E-state index contributed by atoms with van der Waals surface area (Å²) in [6, 6.07) is -0.592. The molecule has 0 radical (unpaired) electrons. The predicted octanol–water partition coefficient (Wildman–Crippen LogP) is 0.282.